The Kier molecular flexibility index (Phi) is 9.20. The molecule has 258 valence electrons. The van der Waals surface area contributed by atoms with Crippen molar-refractivity contribution in [3.63, 3.8) is 0 Å². The molecule has 0 amide bonds. The number of hydrogen-bond donors (Lipinski definition) is 1. The number of hydrogen-bond acceptors (Lipinski definition) is 9. The number of aliphatic hydroxyl groups is 1. The minimum atomic E-state index is -0.910. The number of aliphatic hydroxyl groups excluding tert-OH is 1. The van der Waals surface area contributed by atoms with Crippen molar-refractivity contribution in [3.05, 3.63) is 34.9 Å². The molecule has 1 unspecified atom stereocenters. The van der Waals surface area contributed by atoms with Crippen molar-refractivity contribution >= 4 is 33.4 Å². The van der Waals surface area contributed by atoms with E-state index in [0.29, 0.717) is 65.8 Å². The van der Waals surface area contributed by atoms with E-state index < -0.39 is 23.1 Å². The first-order valence-corrected chi connectivity index (χ1v) is 17.4. The summed E-state index contributed by atoms with van der Waals surface area (Å²) in [6.07, 6.45) is 8.79. The summed E-state index contributed by atoms with van der Waals surface area (Å²) < 4.78 is 51.8. The van der Waals surface area contributed by atoms with E-state index >= 15 is 4.39 Å². The Morgan fingerprint density at radius 3 is 2.77 bits per heavy atom. The van der Waals surface area contributed by atoms with Crippen molar-refractivity contribution < 1.29 is 28.1 Å². The zero-order valence-corrected chi connectivity index (χ0v) is 28.5. The third kappa shape index (κ3) is 6.32. The van der Waals surface area contributed by atoms with Crippen LogP contribution in [0.5, 0.6) is 11.9 Å². The van der Waals surface area contributed by atoms with Gasteiger partial charge in [-0.3, -0.25) is 9.88 Å². The van der Waals surface area contributed by atoms with Crippen molar-refractivity contribution in [1.29, 1.82) is 0 Å². The first kappa shape index (κ1) is 33.3. The molecule has 48 heavy (non-hydrogen) atoms. The van der Waals surface area contributed by atoms with E-state index in [2.05, 4.69) is 25.0 Å². The topological polar surface area (TPSA) is 108 Å². The lowest BCUT2D eigenvalue weighted by atomic mass is 9.95. The molecule has 3 aromatic heterocycles. The largest absolute Gasteiger partial charge is 0.471 e. The lowest BCUT2D eigenvalue weighted by Gasteiger charge is -2.31. The minimum Gasteiger partial charge on any atom is -0.471 e. The van der Waals surface area contributed by atoms with Crippen LogP contribution in [-0.2, 0) is 11.2 Å². The van der Waals surface area contributed by atoms with Crippen LogP contribution in [-0.4, -0.2) is 85.0 Å². The Balaban J connectivity index is 1.36. The fourth-order valence-electron chi connectivity index (χ4n) is 7.54. The van der Waals surface area contributed by atoms with E-state index in [1.165, 1.54) is 6.20 Å². The molecule has 6 heterocycles. The van der Waals surface area contributed by atoms with Gasteiger partial charge in [0.25, 0.3) is 0 Å². The molecule has 3 aliphatic heterocycles. The number of aromatic nitrogens is 5. The molecule has 0 aliphatic carbocycles. The minimum absolute atomic E-state index is 0.00254. The molecule has 7 rings (SSSR count). The number of unbranched alkanes of at least 4 members (excludes halogenated alkanes) is 1. The average Bonchev–Trinajstić information content (AvgIpc) is 3.73. The smallest absolute Gasteiger partial charge is 0.320 e. The molecule has 0 bridgehead atoms. The average molecular weight is 685 g/mol. The van der Waals surface area contributed by atoms with Gasteiger partial charge in [0, 0.05) is 48.3 Å². The summed E-state index contributed by atoms with van der Waals surface area (Å²) in [5.74, 6) is -0.518. The second-order valence-electron chi connectivity index (χ2n) is 14.3. The van der Waals surface area contributed by atoms with Crippen LogP contribution in [0.4, 0.5) is 8.78 Å². The Hall–Kier alpha value is -3.19. The Morgan fingerprint density at radius 2 is 2.00 bits per heavy atom. The van der Waals surface area contributed by atoms with E-state index in [0.717, 1.165) is 44.2 Å². The first-order chi connectivity index (χ1) is 23.1. The Labute approximate surface area is 283 Å². The predicted octanol–water partition coefficient (Wildman–Crippen LogP) is 6.98. The van der Waals surface area contributed by atoms with Gasteiger partial charge in [-0.25, -0.2) is 13.5 Å². The Bertz CT molecular complexity index is 1810. The lowest BCUT2D eigenvalue weighted by molar-refractivity contribution is -0.0366. The standard InChI is InChI=1S/C35H43ClF2N6O4/c1-34(2,3)48-32-24-17-39-31(29(38)30(24)41-33(42-32)47-20-35-11-8-12-43(35)19-21(37)16-35)28-22(9-4-6-13-45)25(36)15-26-23(28)18-40-44(26)27-10-5-7-14-46-27/h15,17-18,21,27,45H,4-14,16,19-20H2,1-3H3/t21-,27?,35+/m1/s1. The SMILES string of the molecule is CC(C)(C)Oc1nc(OC[C@@]23CCCN2C[C@H](F)C3)nc2c(F)c(-c3c(CCCCO)c(Cl)cc4c3cnn4C3CCCCO3)ncc12. The molecular formula is C35H43ClF2N6O4. The van der Waals surface area contributed by atoms with Crippen LogP contribution in [0.3, 0.4) is 0 Å². The second-order valence-corrected chi connectivity index (χ2v) is 14.7. The second kappa shape index (κ2) is 13.3. The van der Waals surface area contributed by atoms with Gasteiger partial charge in [0.15, 0.2) is 12.0 Å². The normalized spacial score (nSPS) is 23.3. The van der Waals surface area contributed by atoms with Crippen molar-refractivity contribution in [2.45, 2.75) is 102 Å². The van der Waals surface area contributed by atoms with Crippen molar-refractivity contribution in [2.24, 2.45) is 0 Å². The number of halogens is 3. The molecule has 3 atom stereocenters. The van der Waals surface area contributed by atoms with Gasteiger partial charge in [-0.15, -0.1) is 0 Å². The van der Waals surface area contributed by atoms with Gasteiger partial charge in [0.1, 0.15) is 29.6 Å². The summed E-state index contributed by atoms with van der Waals surface area (Å²) in [5.41, 5.74) is 0.946. The molecule has 10 nitrogen and oxygen atoms in total. The van der Waals surface area contributed by atoms with Crippen LogP contribution in [0.15, 0.2) is 18.5 Å². The molecule has 3 aliphatic rings. The van der Waals surface area contributed by atoms with Crippen LogP contribution < -0.4 is 9.47 Å². The first-order valence-electron chi connectivity index (χ1n) is 17.1. The molecule has 3 fully saturated rings. The zero-order chi connectivity index (χ0) is 33.6. The molecule has 1 aromatic carbocycles. The van der Waals surface area contributed by atoms with Crippen LogP contribution in [0, 0.1) is 5.82 Å². The summed E-state index contributed by atoms with van der Waals surface area (Å²) in [4.78, 5) is 15.9. The van der Waals surface area contributed by atoms with Crippen LogP contribution in [0.1, 0.15) is 83.9 Å². The van der Waals surface area contributed by atoms with E-state index in [1.807, 2.05) is 31.5 Å². The summed E-state index contributed by atoms with van der Waals surface area (Å²) in [6.45, 7) is 7.72. The van der Waals surface area contributed by atoms with Gasteiger partial charge in [-0.1, -0.05) is 11.6 Å². The number of alkyl halides is 1. The molecule has 13 heteroatoms. The number of rotatable bonds is 10. The van der Waals surface area contributed by atoms with Gasteiger partial charge in [0.05, 0.1) is 22.6 Å². The summed E-state index contributed by atoms with van der Waals surface area (Å²) >= 11 is 6.97. The van der Waals surface area contributed by atoms with Crippen LogP contribution in [0.25, 0.3) is 33.1 Å². The highest BCUT2D eigenvalue weighted by Gasteiger charge is 2.49. The molecule has 4 aromatic rings. The molecule has 1 N–H and O–H groups in total. The van der Waals surface area contributed by atoms with Crippen LogP contribution >= 0.6 is 11.6 Å². The van der Waals surface area contributed by atoms with Crippen molar-refractivity contribution in [2.75, 3.05) is 32.9 Å². The summed E-state index contributed by atoms with van der Waals surface area (Å²) in [6, 6.07) is 1.82. The van der Waals surface area contributed by atoms with E-state index in [1.54, 1.807) is 6.20 Å². The quantitative estimate of drug-likeness (QED) is 0.177. The molecule has 0 saturated carbocycles. The fourth-order valence-corrected chi connectivity index (χ4v) is 7.83. The van der Waals surface area contributed by atoms with Gasteiger partial charge in [0.2, 0.25) is 5.88 Å². The predicted molar refractivity (Wildman–Crippen MR) is 179 cm³/mol. The van der Waals surface area contributed by atoms with Gasteiger partial charge >= 0.3 is 6.01 Å². The molecule has 3 saturated heterocycles. The third-order valence-electron chi connectivity index (χ3n) is 9.72. The maximum absolute atomic E-state index is 17.1. The highest BCUT2D eigenvalue weighted by molar-refractivity contribution is 6.33. The zero-order valence-electron chi connectivity index (χ0n) is 27.8. The maximum atomic E-state index is 17.1. The number of fused-ring (bicyclic) bond motifs is 3. The lowest BCUT2D eigenvalue weighted by Crippen LogP contribution is -2.43. The fraction of sp³-hybridized carbons (Fsp3) is 0.600. The van der Waals surface area contributed by atoms with E-state index in [-0.39, 0.29) is 42.5 Å². The highest BCUT2D eigenvalue weighted by Crippen LogP contribution is 2.43. The third-order valence-corrected chi connectivity index (χ3v) is 10.1. The molecular weight excluding hydrogens is 642 g/mol. The van der Waals surface area contributed by atoms with Gasteiger partial charge in [-0.05, 0) is 90.3 Å². The molecule has 0 radical (unpaired) electrons. The summed E-state index contributed by atoms with van der Waals surface area (Å²) in [5, 5.41) is 15.6. The number of nitrogens with zero attached hydrogens (tertiary/aromatic N) is 6. The van der Waals surface area contributed by atoms with Crippen molar-refractivity contribution in [1.82, 2.24) is 29.6 Å². The summed E-state index contributed by atoms with van der Waals surface area (Å²) in [7, 11) is 0. The maximum Gasteiger partial charge on any atom is 0.320 e. The monoisotopic (exact) mass is 684 g/mol. The number of pyridine rings is 1. The number of benzene rings is 1. The molecule has 0 spiro atoms. The van der Waals surface area contributed by atoms with E-state index in [9.17, 15) is 9.50 Å². The Morgan fingerprint density at radius 1 is 1.15 bits per heavy atom. The van der Waals surface area contributed by atoms with Gasteiger partial charge in [-0.2, -0.15) is 15.1 Å². The van der Waals surface area contributed by atoms with Gasteiger partial charge < -0.3 is 19.3 Å². The van der Waals surface area contributed by atoms with Crippen LogP contribution in [0.2, 0.25) is 5.02 Å². The van der Waals surface area contributed by atoms with Crippen molar-refractivity contribution in [3.8, 4) is 23.1 Å². The van der Waals surface area contributed by atoms with E-state index in [4.69, 9.17) is 25.8 Å². The number of ether oxygens (including phenoxy) is 3. The highest BCUT2D eigenvalue weighted by atomic mass is 35.5.